The van der Waals surface area contributed by atoms with Crippen LogP contribution in [0.3, 0.4) is 0 Å². The molecule has 6 nitrogen and oxygen atoms in total. The van der Waals surface area contributed by atoms with Crippen molar-refractivity contribution in [2.75, 3.05) is 5.75 Å². The number of nitrogens with zero attached hydrogens (tertiary/aromatic N) is 2. The minimum absolute atomic E-state index is 0.0701. The molecule has 1 aromatic carbocycles. The zero-order valence-electron chi connectivity index (χ0n) is 13.9. The molecule has 24 heavy (non-hydrogen) atoms. The van der Waals surface area contributed by atoms with Crippen molar-refractivity contribution in [2.45, 2.75) is 32.7 Å². The number of benzene rings is 1. The van der Waals surface area contributed by atoms with Crippen molar-refractivity contribution in [2.24, 2.45) is 5.73 Å². The smallest absolute Gasteiger partial charge is 0.269 e. The standard InChI is InChI=1S/C15H17N3O3.C2H6S/c1-2-3-4-15-17-14(10-21-15)13(16)9-11-5-7-12(8-6-11)18(19)20;1-2-3/h3-8,10,13H,2,9,16H2,1H3;3H,2H2,1H3/b4-3+;/t13-;/m0./s1. The maximum atomic E-state index is 10.6. The molecule has 130 valence electrons. The second-order valence-corrected chi connectivity index (χ2v) is 5.60. The molecule has 0 amide bonds. The lowest BCUT2D eigenvalue weighted by Gasteiger charge is -2.07. The summed E-state index contributed by atoms with van der Waals surface area (Å²) in [5.74, 6) is 1.48. The van der Waals surface area contributed by atoms with Gasteiger partial charge in [-0.05, 0) is 30.2 Å². The minimum atomic E-state index is -0.423. The second kappa shape index (κ2) is 10.6. The fourth-order valence-corrected chi connectivity index (χ4v) is 1.88. The highest BCUT2D eigenvalue weighted by molar-refractivity contribution is 7.80. The van der Waals surface area contributed by atoms with Crippen LogP contribution >= 0.6 is 12.6 Å². The molecule has 0 saturated carbocycles. The number of nitro benzene ring substituents is 1. The molecule has 2 N–H and O–H groups in total. The molecule has 0 aliphatic carbocycles. The van der Waals surface area contributed by atoms with E-state index in [1.807, 2.05) is 26.0 Å². The molecule has 1 heterocycles. The van der Waals surface area contributed by atoms with Gasteiger partial charge in [0.15, 0.2) is 0 Å². The summed E-state index contributed by atoms with van der Waals surface area (Å²) in [5, 5.41) is 10.6. The van der Waals surface area contributed by atoms with E-state index in [1.165, 1.54) is 12.1 Å². The zero-order chi connectivity index (χ0) is 17.9. The van der Waals surface area contributed by atoms with Crippen molar-refractivity contribution in [1.29, 1.82) is 0 Å². The van der Waals surface area contributed by atoms with Crippen LogP contribution in [0.2, 0.25) is 0 Å². The minimum Gasteiger partial charge on any atom is -0.445 e. The lowest BCUT2D eigenvalue weighted by molar-refractivity contribution is -0.384. The molecule has 0 aliphatic rings. The van der Waals surface area contributed by atoms with E-state index >= 15 is 0 Å². The number of thiol groups is 1. The molecule has 0 fully saturated rings. The van der Waals surface area contributed by atoms with Crippen molar-refractivity contribution in [3.8, 4) is 0 Å². The Bertz CT molecular complexity index is 653. The van der Waals surface area contributed by atoms with Crippen molar-refractivity contribution >= 4 is 24.4 Å². The maximum absolute atomic E-state index is 10.6. The van der Waals surface area contributed by atoms with E-state index in [1.54, 1.807) is 18.4 Å². The summed E-state index contributed by atoms with van der Waals surface area (Å²) in [6.45, 7) is 4.02. The monoisotopic (exact) mass is 349 g/mol. The fourth-order valence-electron chi connectivity index (χ4n) is 1.88. The molecular formula is C17H23N3O3S. The van der Waals surface area contributed by atoms with Crippen LogP contribution in [0.15, 0.2) is 41.0 Å². The van der Waals surface area contributed by atoms with Crippen LogP contribution in [0.5, 0.6) is 0 Å². The molecule has 2 rings (SSSR count). The van der Waals surface area contributed by atoms with Crippen molar-refractivity contribution in [3.05, 3.63) is 63.9 Å². The molecule has 0 unspecified atom stereocenters. The number of allylic oxidation sites excluding steroid dienone is 1. The molecule has 0 radical (unpaired) electrons. The van der Waals surface area contributed by atoms with Gasteiger partial charge in [0.05, 0.1) is 16.7 Å². The summed E-state index contributed by atoms with van der Waals surface area (Å²) in [4.78, 5) is 14.5. The molecular weight excluding hydrogens is 326 g/mol. The lowest BCUT2D eigenvalue weighted by atomic mass is 10.0. The van der Waals surface area contributed by atoms with Crippen LogP contribution < -0.4 is 5.73 Å². The predicted molar refractivity (Wildman–Crippen MR) is 99.1 cm³/mol. The number of oxazole rings is 1. The Balaban J connectivity index is 0.000000891. The van der Waals surface area contributed by atoms with Gasteiger partial charge in [0.1, 0.15) is 6.26 Å². The van der Waals surface area contributed by atoms with Crippen LogP contribution in [0.4, 0.5) is 5.69 Å². The Morgan fingerprint density at radius 3 is 2.54 bits per heavy atom. The Labute approximate surface area is 147 Å². The number of aromatic nitrogens is 1. The van der Waals surface area contributed by atoms with Crippen molar-refractivity contribution < 1.29 is 9.34 Å². The van der Waals surface area contributed by atoms with E-state index in [2.05, 4.69) is 17.6 Å². The Hall–Kier alpha value is -2.12. The number of nitrogens with two attached hydrogens (primary N) is 1. The summed E-state index contributed by atoms with van der Waals surface area (Å²) in [7, 11) is 0. The zero-order valence-corrected chi connectivity index (χ0v) is 14.8. The maximum Gasteiger partial charge on any atom is 0.269 e. The Morgan fingerprint density at radius 1 is 1.38 bits per heavy atom. The van der Waals surface area contributed by atoms with Crippen LogP contribution in [0, 0.1) is 10.1 Å². The normalized spacial score (nSPS) is 11.8. The van der Waals surface area contributed by atoms with Crippen LogP contribution in [0.1, 0.15) is 43.5 Å². The van der Waals surface area contributed by atoms with Gasteiger partial charge in [-0.3, -0.25) is 10.1 Å². The van der Waals surface area contributed by atoms with Gasteiger partial charge in [0.2, 0.25) is 5.89 Å². The van der Waals surface area contributed by atoms with Gasteiger partial charge >= 0.3 is 0 Å². The fraction of sp³-hybridized carbons (Fsp3) is 0.353. The molecule has 1 atom stereocenters. The van der Waals surface area contributed by atoms with Gasteiger partial charge in [0.25, 0.3) is 5.69 Å². The van der Waals surface area contributed by atoms with Crippen molar-refractivity contribution in [3.63, 3.8) is 0 Å². The topological polar surface area (TPSA) is 95.2 Å². The average molecular weight is 349 g/mol. The number of rotatable bonds is 6. The highest BCUT2D eigenvalue weighted by Crippen LogP contribution is 2.18. The summed E-state index contributed by atoms with van der Waals surface area (Å²) in [5.41, 5.74) is 7.75. The van der Waals surface area contributed by atoms with Crippen LogP contribution in [-0.4, -0.2) is 15.7 Å². The molecule has 0 saturated heterocycles. The summed E-state index contributed by atoms with van der Waals surface area (Å²) in [6.07, 6.45) is 6.76. The SMILES string of the molecule is CC/C=C/c1nc([C@@H](N)Cc2ccc([N+](=O)[O-])cc2)co1.CCS. The third-order valence-electron chi connectivity index (χ3n) is 3.02. The number of hydrogen-bond acceptors (Lipinski definition) is 6. The first kappa shape index (κ1) is 19.9. The van der Waals surface area contributed by atoms with Crippen LogP contribution in [0.25, 0.3) is 6.08 Å². The van der Waals surface area contributed by atoms with Gasteiger partial charge in [-0.25, -0.2) is 4.98 Å². The second-order valence-electron chi connectivity index (χ2n) is 4.97. The first-order valence-electron chi connectivity index (χ1n) is 7.73. The van der Waals surface area contributed by atoms with Gasteiger partial charge in [-0.1, -0.05) is 32.1 Å². The largest absolute Gasteiger partial charge is 0.445 e. The highest BCUT2D eigenvalue weighted by atomic mass is 32.1. The number of nitro groups is 1. The van der Waals surface area contributed by atoms with E-state index in [-0.39, 0.29) is 11.7 Å². The highest BCUT2D eigenvalue weighted by Gasteiger charge is 2.13. The molecule has 0 spiro atoms. The van der Waals surface area contributed by atoms with E-state index in [0.29, 0.717) is 18.0 Å². The van der Waals surface area contributed by atoms with E-state index in [9.17, 15) is 10.1 Å². The number of non-ortho nitro benzene ring substituents is 1. The Kier molecular flexibility index (Phi) is 8.81. The van der Waals surface area contributed by atoms with Gasteiger partial charge in [0, 0.05) is 12.1 Å². The van der Waals surface area contributed by atoms with Gasteiger partial charge in [-0.15, -0.1) is 0 Å². The summed E-state index contributed by atoms with van der Waals surface area (Å²) >= 11 is 3.79. The first-order chi connectivity index (χ1) is 11.5. The number of hydrogen-bond donors (Lipinski definition) is 2. The molecule has 7 heteroatoms. The van der Waals surface area contributed by atoms with E-state index in [4.69, 9.17) is 10.2 Å². The summed E-state index contributed by atoms with van der Waals surface area (Å²) < 4.78 is 5.31. The van der Waals surface area contributed by atoms with Crippen molar-refractivity contribution in [1.82, 2.24) is 4.98 Å². The third kappa shape index (κ3) is 6.55. The lowest BCUT2D eigenvalue weighted by Crippen LogP contribution is -2.13. The first-order valence-corrected chi connectivity index (χ1v) is 8.36. The van der Waals surface area contributed by atoms with Crippen LogP contribution in [-0.2, 0) is 6.42 Å². The molecule has 2 aromatic rings. The molecule has 0 aliphatic heterocycles. The molecule has 1 aromatic heterocycles. The Morgan fingerprint density at radius 2 is 2.00 bits per heavy atom. The molecule has 0 bridgehead atoms. The third-order valence-corrected chi connectivity index (χ3v) is 3.02. The average Bonchev–Trinajstić information content (AvgIpc) is 3.03. The van der Waals surface area contributed by atoms with E-state index in [0.717, 1.165) is 17.7 Å². The van der Waals surface area contributed by atoms with Gasteiger partial charge < -0.3 is 10.2 Å². The van der Waals surface area contributed by atoms with E-state index < -0.39 is 4.92 Å². The summed E-state index contributed by atoms with van der Waals surface area (Å²) in [6, 6.07) is 6.05. The quantitative estimate of drug-likeness (QED) is 0.463. The van der Waals surface area contributed by atoms with Gasteiger partial charge in [-0.2, -0.15) is 12.6 Å². The predicted octanol–water partition coefficient (Wildman–Crippen LogP) is 4.18.